The Kier molecular flexibility index (Phi) is 10.8. The van der Waals surface area contributed by atoms with E-state index in [0.29, 0.717) is 36.1 Å². The maximum absolute atomic E-state index is 11.3. The highest BCUT2D eigenvalue weighted by Gasteiger charge is 2.33. The zero-order valence-corrected chi connectivity index (χ0v) is 28.9. The maximum Gasteiger partial charge on any atom is 0.303 e. The number of carbonyl (C=O) groups is 1. The van der Waals surface area contributed by atoms with Crippen molar-refractivity contribution >= 4 is 17.7 Å². The lowest BCUT2D eigenvalue weighted by Gasteiger charge is -2.39. The number of rotatable bonds is 12. The van der Waals surface area contributed by atoms with Gasteiger partial charge in [-0.25, -0.2) is 4.98 Å². The number of aromatic nitrogens is 4. The molecule has 2 aromatic heterocycles. The second-order valence-electron chi connectivity index (χ2n) is 14.8. The largest absolute Gasteiger partial charge is 0.481 e. The third kappa shape index (κ3) is 8.16. The Labute approximate surface area is 281 Å². The van der Waals surface area contributed by atoms with Crippen molar-refractivity contribution in [3.63, 3.8) is 0 Å². The predicted molar refractivity (Wildman–Crippen MR) is 188 cm³/mol. The number of anilines is 2. The van der Waals surface area contributed by atoms with Crippen LogP contribution in [0.25, 0.3) is 0 Å². The topological polar surface area (TPSA) is 99.4 Å². The number of fused-ring (bicyclic) bond motifs is 1. The van der Waals surface area contributed by atoms with Crippen LogP contribution in [0.15, 0.2) is 42.7 Å². The molecule has 2 aliphatic carbocycles. The fourth-order valence-corrected chi connectivity index (χ4v) is 8.71. The fourth-order valence-electron chi connectivity index (χ4n) is 8.71. The number of hydrogen-bond acceptors (Lipinski definition) is 7. The molecule has 47 heavy (non-hydrogen) atoms. The quantitative estimate of drug-likeness (QED) is 0.221. The molecule has 254 valence electrons. The molecule has 1 saturated carbocycles. The molecule has 9 heteroatoms. The molecule has 1 aliphatic heterocycles. The van der Waals surface area contributed by atoms with E-state index < -0.39 is 5.97 Å². The van der Waals surface area contributed by atoms with Crippen LogP contribution in [-0.2, 0) is 24.7 Å². The van der Waals surface area contributed by atoms with Gasteiger partial charge in [0.2, 0.25) is 5.95 Å². The normalized spacial score (nSPS) is 24.7. The van der Waals surface area contributed by atoms with E-state index in [-0.39, 0.29) is 6.04 Å². The van der Waals surface area contributed by atoms with E-state index in [0.717, 1.165) is 82.8 Å². The monoisotopic (exact) mass is 641 g/mol. The van der Waals surface area contributed by atoms with Gasteiger partial charge in [0.15, 0.2) is 0 Å². The van der Waals surface area contributed by atoms with E-state index in [1.165, 1.54) is 35.2 Å². The molecule has 1 aromatic carbocycles. The summed E-state index contributed by atoms with van der Waals surface area (Å²) in [6, 6.07) is 11.3. The van der Waals surface area contributed by atoms with Gasteiger partial charge in [0.1, 0.15) is 5.82 Å². The molecular weight excluding hydrogens is 586 g/mol. The number of benzene rings is 1. The Morgan fingerprint density at radius 3 is 2.57 bits per heavy atom. The van der Waals surface area contributed by atoms with Gasteiger partial charge >= 0.3 is 5.97 Å². The average molecular weight is 642 g/mol. The summed E-state index contributed by atoms with van der Waals surface area (Å²) in [4.78, 5) is 27.0. The van der Waals surface area contributed by atoms with Crippen molar-refractivity contribution in [2.75, 3.05) is 36.9 Å². The number of carboxylic acid groups (broad SMARTS) is 1. The van der Waals surface area contributed by atoms with Crippen molar-refractivity contribution in [1.29, 1.82) is 0 Å². The van der Waals surface area contributed by atoms with Crippen molar-refractivity contribution in [3.8, 4) is 0 Å². The number of aliphatic carboxylic acids is 1. The molecule has 0 amide bonds. The molecule has 0 radical (unpaired) electrons. The van der Waals surface area contributed by atoms with Gasteiger partial charge in [0, 0.05) is 57.0 Å². The second-order valence-corrected chi connectivity index (χ2v) is 14.8. The van der Waals surface area contributed by atoms with E-state index >= 15 is 0 Å². The van der Waals surface area contributed by atoms with Gasteiger partial charge in [0.25, 0.3) is 0 Å². The van der Waals surface area contributed by atoms with Crippen LogP contribution < -0.4 is 10.2 Å². The number of nitrogens with one attached hydrogen (secondary N) is 1. The van der Waals surface area contributed by atoms with Crippen molar-refractivity contribution in [2.45, 2.75) is 102 Å². The number of nitrogens with zero attached hydrogens (tertiary/aromatic N) is 6. The van der Waals surface area contributed by atoms with E-state index in [4.69, 9.17) is 9.97 Å². The zero-order chi connectivity index (χ0) is 32.9. The highest BCUT2D eigenvalue weighted by Crippen LogP contribution is 2.39. The van der Waals surface area contributed by atoms with Crippen LogP contribution in [0.2, 0.25) is 0 Å². The van der Waals surface area contributed by atoms with Crippen molar-refractivity contribution in [3.05, 3.63) is 65.1 Å². The van der Waals surface area contributed by atoms with Gasteiger partial charge < -0.3 is 20.2 Å². The first kappa shape index (κ1) is 33.4. The molecule has 3 aromatic rings. The zero-order valence-electron chi connectivity index (χ0n) is 28.9. The minimum atomic E-state index is -0.672. The molecule has 0 unspecified atom stereocenters. The van der Waals surface area contributed by atoms with Crippen LogP contribution in [0.1, 0.15) is 106 Å². The van der Waals surface area contributed by atoms with Crippen LogP contribution in [0.3, 0.4) is 0 Å². The average Bonchev–Trinajstić information content (AvgIpc) is 3.51. The molecule has 6 rings (SSSR count). The van der Waals surface area contributed by atoms with Crippen LogP contribution in [0.5, 0.6) is 0 Å². The second kappa shape index (κ2) is 15.2. The lowest BCUT2D eigenvalue weighted by molar-refractivity contribution is -0.138. The molecular formula is C38H55N7O2. The number of aryl methyl sites for hydroxylation is 2. The molecule has 4 atom stereocenters. The van der Waals surface area contributed by atoms with Crippen LogP contribution >= 0.6 is 0 Å². The summed E-state index contributed by atoms with van der Waals surface area (Å²) in [5, 5.41) is 17.9. The van der Waals surface area contributed by atoms with Crippen LogP contribution in [0.4, 0.5) is 11.8 Å². The van der Waals surface area contributed by atoms with E-state index in [9.17, 15) is 9.90 Å². The molecule has 3 aliphatic rings. The van der Waals surface area contributed by atoms with Gasteiger partial charge in [-0.2, -0.15) is 10.1 Å². The van der Waals surface area contributed by atoms with Gasteiger partial charge in [-0.3, -0.25) is 9.48 Å². The predicted octanol–water partition coefficient (Wildman–Crippen LogP) is 6.86. The number of hydrogen-bond donors (Lipinski definition) is 2. The van der Waals surface area contributed by atoms with E-state index in [2.05, 4.69) is 77.6 Å². The Balaban J connectivity index is 1.31. The first-order valence-electron chi connectivity index (χ1n) is 18.1. The van der Waals surface area contributed by atoms with Crippen molar-refractivity contribution in [2.24, 2.45) is 24.8 Å². The van der Waals surface area contributed by atoms with Crippen molar-refractivity contribution < 1.29 is 9.90 Å². The van der Waals surface area contributed by atoms with Gasteiger partial charge in [-0.05, 0) is 100.0 Å². The lowest BCUT2D eigenvalue weighted by Crippen LogP contribution is -2.41. The lowest BCUT2D eigenvalue weighted by atomic mass is 9.76. The van der Waals surface area contributed by atoms with Crippen LogP contribution in [-0.4, -0.2) is 68.4 Å². The minimum absolute atomic E-state index is 0.0646. The standard InChI is InChI=1S/C38H55N7O2/c1-5-35(29-15-13-27(14-16-29)20-36(46)47)44(4)38-41-33-18-17-30(28-11-7-6-8-12-28)21-32(33)37(42-38)40-34(31-22-39-43(3)24-31)25-45-19-9-10-26(2)23-45/h6-8,11-12,22,24,26-27,29-30,34-35H,5,9-10,13-21,23,25H2,1-4H3,(H,46,47)(H,40,41,42)/t26-,27?,29?,30+,34-,35+/m0/s1. The summed E-state index contributed by atoms with van der Waals surface area (Å²) in [5.74, 6) is 3.07. The van der Waals surface area contributed by atoms with Gasteiger partial charge in [-0.1, -0.05) is 44.2 Å². The Bertz CT molecular complexity index is 1470. The van der Waals surface area contributed by atoms with Gasteiger partial charge in [0.05, 0.1) is 17.9 Å². The molecule has 2 N–H and O–H groups in total. The summed E-state index contributed by atoms with van der Waals surface area (Å²) in [5.41, 5.74) is 5.01. The number of piperidine rings is 1. The maximum atomic E-state index is 11.3. The summed E-state index contributed by atoms with van der Waals surface area (Å²) in [6.07, 6.45) is 15.0. The fraction of sp³-hybridized carbons (Fsp3) is 0.632. The summed E-state index contributed by atoms with van der Waals surface area (Å²) >= 11 is 0. The Hall–Kier alpha value is -3.46. The SMILES string of the molecule is CC[C@H](C1CCC(CC(=O)O)CC1)N(C)c1nc2c(c(N[C@@H](CN3CCC[C@H](C)C3)c3cnn(C)c3)n1)C[C@H](c1ccccc1)CC2. The molecule has 0 bridgehead atoms. The molecule has 3 heterocycles. The number of likely N-dealkylation sites (tertiary alicyclic amines) is 1. The van der Waals surface area contributed by atoms with Gasteiger partial charge in [-0.15, -0.1) is 0 Å². The third-order valence-electron chi connectivity index (χ3n) is 11.3. The van der Waals surface area contributed by atoms with E-state index in [1.807, 2.05) is 17.9 Å². The summed E-state index contributed by atoms with van der Waals surface area (Å²) in [7, 11) is 4.17. The number of carboxylic acids is 1. The minimum Gasteiger partial charge on any atom is -0.481 e. The smallest absolute Gasteiger partial charge is 0.303 e. The third-order valence-corrected chi connectivity index (χ3v) is 11.3. The summed E-state index contributed by atoms with van der Waals surface area (Å²) in [6.45, 7) is 7.80. The van der Waals surface area contributed by atoms with E-state index in [1.54, 1.807) is 0 Å². The Morgan fingerprint density at radius 2 is 1.89 bits per heavy atom. The molecule has 0 spiro atoms. The van der Waals surface area contributed by atoms with Crippen LogP contribution in [0, 0.1) is 17.8 Å². The molecule has 1 saturated heterocycles. The molecule has 2 fully saturated rings. The first-order valence-corrected chi connectivity index (χ1v) is 18.1. The summed E-state index contributed by atoms with van der Waals surface area (Å²) < 4.78 is 1.90. The van der Waals surface area contributed by atoms with Crippen molar-refractivity contribution in [1.82, 2.24) is 24.6 Å². The highest BCUT2D eigenvalue weighted by molar-refractivity contribution is 5.67. The molecule has 9 nitrogen and oxygen atoms in total. The highest BCUT2D eigenvalue weighted by atomic mass is 16.4. The Morgan fingerprint density at radius 1 is 1.11 bits per heavy atom. The first-order chi connectivity index (χ1) is 22.8.